The molecule has 1 aromatic heterocycles. The minimum absolute atomic E-state index is 0.160. The van der Waals surface area contributed by atoms with Gasteiger partial charge in [0.15, 0.2) is 5.16 Å². The molecule has 0 fully saturated rings. The van der Waals surface area contributed by atoms with E-state index in [0.29, 0.717) is 11.7 Å². The summed E-state index contributed by atoms with van der Waals surface area (Å²) in [6.45, 7) is 5.42. The Bertz CT molecular complexity index is 617. The van der Waals surface area contributed by atoms with Crippen molar-refractivity contribution < 1.29 is 0 Å². The molecule has 0 radical (unpaired) electrons. The van der Waals surface area contributed by atoms with E-state index >= 15 is 0 Å². The van der Waals surface area contributed by atoms with Crippen LogP contribution in [-0.4, -0.2) is 21.8 Å². The summed E-state index contributed by atoms with van der Waals surface area (Å²) in [5.41, 5.74) is 2.28. The highest BCUT2D eigenvalue weighted by molar-refractivity contribution is 7.99. The summed E-state index contributed by atoms with van der Waals surface area (Å²) in [4.78, 5) is 12.7. The second-order valence-electron chi connectivity index (χ2n) is 4.30. The largest absolute Gasteiger partial charge is 0.343 e. The molecule has 0 unspecified atom stereocenters. The average molecular weight is 278 g/mol. The maximum Gasteiger partial charge on any atom is 0.343 e. The van der Waals surface area contributed by atoms with Gasteiger partial charge in [-0.3, -0.25) is 4.57 Å². The van der Waals surface area contributed by atoms with Gasteiger partial charge in [-0.25, -0.2) is 9.89 Å². The molecule has 102 valence electrons. The number of rotatable bonds is 5. The van der Waals surface area contributed by atoms with Gasteiger partial charge in [0.1, 0.15) is 0 Å². The van der Waals surface area contributed by atoms with Gasteiger partial charge in [-0.15, -0.1) is 5.10 Å². The fraction of sp³-hybridized carbons (Fsp3) is 0.385. The van der Waals surface area contributed by atoms with E-state index in [9.17, 15) is 4.79 Å². The molecule has 2 rings (SSSR count). The molecule has 5 nitrogen and oxygen atoms in total. The van der Waals surface area contributed by atoms with Gasteiger partial charge in [0, 0.05) is 18.0 Å². The highest BCUT2D eigenvalue weighted by Gasteiger charge is 2.11. The Balaban J connectivity index is 2.34. The van der Waals surface area contributed by atoms with Crippen LogP contribution in [0.1, 0.15) is 18.1 Å². The van der Waals surface area contributed by atoms with Crippen LogP contribution in [0, 0.1) is 6.92 Å². The van der Waals surface area contributed by atoms with Crippen molar-refractivity contribution in [2.75, 3.05) is 7.05 Å². The molecule has 1 aromatic carbocycles. The number of aromatic amines is 1. The summed E-state index contributed by atoms with van der Waals surface area (Å²) in [6.07, 6.45) is 0. The predicted octanol–water partition coefficient (Wildman–Crippen LogP) is 1.77. The van der Waals surface area contributed by atoms with Crippen LogP contribution in [-0.2, 0) is 13.1 Å². The van der Waals surface area contributed by atoms with Gasteiger partial charge < -0.3 is 5.32 Å². The second kappa shape index (κ2) is 6.08. The van der Waals surface area contributed by atoms with Gasteiger partial charge in [0.05, 0.1) is 0 Å². The SMILES string of the molecule is CCn1c(Sc2ccc(C)cc2CNC)n[nH]c1=O. The highest BCUT2D eigenvalue weighted by Crippen LogP contribution is 2.29. The fourth-order valence-electron chi connectivity index (χ4n) is 1.89. The molecule has 6 heteroatoms. The van der Waals surface area contributed by atoms with Crippen molar-refractivity contribution in [1.82, 2.24) is 20.1 Å². The molecule has 2 aromatic rings. The Morgan fingerprint density at radius 1 is 1.47 bits per heavy atom. The molecular weight excluding hydrogens is 260 g/mol. The molecule has 0 saturated heterocycles. The van der Waals surface area contributed by atoms with Crippen molar-refractivity contribution >= 4 is 11.8 Å². The third-order valence-corrected chi connectivity index (χ3v) is 3.94. The molecule has 0 aliphatic carbocycles. The van der Waals surface area contributed by atoms with Crippen LogP contribution in [0.5, 0.6) is 0 Å². The van der Waals surface area contributed by atoms with E-state index in [4.69, 9.17) is 0 Å². The third kappa shape index (κ3) is 3.08. The molecular formula is C13H18N4OS. The Hall–Kier alpha value is -1.53. The number of aromatic nitrogens is 3. The van der Waals surface area contributed by atoms with Crippen LogP contribution in [0.2, 0.25) is 0 Å². The average Bonchev–Trinajstić information content (AvgIpc) is 2.73. The number of H-pyrrole nitrogens is 1. The monoisotopic (exact) mass is 278 g/mol. The number of benzene rings is 1. The number of aryl methyl sites for hydroxylation is 1. The lowest BCUT2D eigenvalue weighted by atomic mass is 10.1. The first-order valence-electron chi connectivity index (χ1n) is 6.23. The number of nitrogens with one attached hydrogen (secondary N) is 2. The van der Waals surface area contributed by atoms with Crippen LogP contribution in [0.25, 0.3) is 0 Å². The lowest BCUT2D eigenvalue weighted by Crippen LogP contribution is -2.16. The minimum atomic E-state index is -0.160. The first kappa shape index (κ1) is 13.9. The zero-order chi connectivity index (χ0) is 13.8. The standard InChI is InChI=1S/C13H18N4OS/c1-4-17-12(18)15-16-13(17)19-11-6-5-9(2)7-10(11)8-14-3/h5-7,14H,4,8H2,1-3H3,(H,15,18). The molecule has 0 amide bonds. The van der Waals surface area contributed by atoms with E-state index < -0.39 is 0 Å². The Morgan fingerprint density at radius 3 is 2.95 bits per heavy atom. The summed E-state index contributed by atoms with van der Waals surface area (Å²) >= 11 is 1.52. The first-order chi connectivity index (χ1) is 9.15. The van der Waals surface area contributed by atoms with E-state index in [2.05, 4.69) is 40.6 Å². The fourth-order valence-corrected chi connectivity index (χ4v) is 2.90. The quantitative estimate of drug-likeness (QED) is 0.875. The maximum absolute atomic E-state index is 11.5. The molecule has 0 aliphatic heterocycles. The van der Waals surface area contributed by atoms with Gasteiger partial charge in [0.25, 0.3) is 0 Å². The van der Waals surface area contributed by atoms with Crippen LogP contribution < -0.4 is 11.0 Å². The van der Waals surface area contributed by atoms with Crippen molar-refractivity contribution in [2.24, 2.45) is 0 Å². The van der Waals surface area contributed by atoms with Crippen molar-refractivity contribution in [1.29, 1.82) is 0 Å². The van der Waals surface area contributed by atoms with Gasteiger partial charge in [-0.05, 0) is 44.3 Å². The lowest BCUT2D eigenvalue weighted by Gasteiger charge is -2.09. The van der Waals surface area contributed by atoms with Crippen molar-refractivity contribution in [3.8, 4) is 0 Å². The number of nitrogens with zero attached hydrogens (tertiary/aromatic N) is 2. The van der Waals surface area contributed by atoms with E-state index in [1.807, 2.05) is 14.0 Å². The topological polar surface area (TPSA) is 62.7 Å². The summed E-state index contributed by atoms with van der Waals surface area (Å²) < 4.78 is 1.63. The zero-order valence-electron chi connectivity index (χ0n) is 11.4. The molecule has 0 spiro atoms. The number of hydrogen-bond donors (Lipinski definition) is 2. The normalized spacial score (nSPS) is 10.9. The second-order valence-corrected chi connectivity index (χ2v) is 5.31. The molecule has 2 N–H and O–H groups in total. The lowest BCUT2D eigenvalue weighted by molar-refractivity contribution is 0.660. The summed E-state index contributed by atoms with van der Waals surface area (Å²) in [7, 11) is 1.92. The van der Waals surface area contributed by atoms with Crippen molar-refractivity contribution in [3.05, 3.63) is 39.8 Å². The Morgan fingerprint density at radius 2 is 2.26 bits per heavy atom. The van der Waals surface area contributed by atoms with E-state index in [0.717, 1.165) is 11.4 Å². The molecule has 0 saturated carbocycles. The van der Waals surface area contributed by atoms with E-state index in [-0.39, 0.29) is 5.69 Å². The smallest absolute Gasteiger partial charge is 0.316 e. The Kier molecular flexibility index (Phi) is 4.44. The number of hydrogen-bond acceptors (Lipinski definition) is 4. The summed E-state index contributed by atoms with van der Waals surface area (Å²) in [5.74, 6) is 0. The van der Waals surface area contributed by atoms with Crippen LogP contribution in [0.4, 0.5) is 0 Å². The summed E-state index contributed by atoms with van der Waals surface area (Å²) in [6, 6.07) is 6.30. The predicted molar refractivity (Wildman–Crippen MR) is 76.6 cm³/mol. The van der Waals surface area contributed by atoms with Crippen LogP contribution >= 0.6 is 11.8 Å². The van der Waals surface area contributed by atoms with Crippen molar-refractivity contribution in [2.45, 2.75) is 37.0 Å². The summed E-state index contributed by atoms with van der Waals surface area (Å²) in [5, 5.41) is 10.4. The van der Waals surface area contributed by atoms with E-state index in [1.165, 1.54) is 22.9 Å². The molecule has 1 heterocycles. The maximum atomic E-state index is 11.5. The molecule has 0 aliphatic rings. The zero-order valence-corrected chi connectivity index (χ0v) is 12.2. The Labute approximate surface area is 116 Å². The molecule has 19 heavy (non-hydrogen) atoms. The van der Waals surface area contributed by atoms with Crippen LogP contribution in [0.3, 0.4) is 0 Å². The first-order valence-corrected chi connectivity index (χ1v) is 7.04. The minimum Gasteiger partial charge on any atom is -0.316 e. The molecule has 0 bridgehead atoms. The van der Waals surface area contributed by atoms with E-state index in [1.54, 1.807) is 4.57 Å². The van der Waals surface area contributed by atoms with Gasteiger partial charge in [-0.1, -0.05) is 17.7 Å². The van der Waals surface area contributed by atoms with Crippen molar-refractivity contribution in [3.63, 3.8) is 0 Å². The third-order valence-electron chi connectivity index (χ3n) is 2.82. The van der Waals surface area contributed by atoms with Gasteiger partial charge in [-0.2, -0.15) is 0 Å². The molecule has 0 atom stereocenters. The van der Waals surface area contributed by atoms with Gasteiger partial charge >= 0.3 is 5.69 Å². The highest BCUT2D eigenvalue weighted by atomic mass is 32.2. The van der Waals surface area contributed by atoms with Gasteiger partial charge in [0.2, 0.25) is 0 Å². The van der Waals surface area contributed by atoms with Crippen LogP contribution in [0.15, 0.2) is 33.0 Å².